The molecule has 9 heteroatoms. The normalized spacial score (nSPS) is 15.3. The molecule has 0 aliphatic carbocycles. The van der Waals surface area contributed by atoms with Gasteiger partial charge in [0.15, 0.2) is 0 Å². The Hall–Kier alpha value is -2.91. The van der Waals surface area contributed by atoms with Crippen molar-refractivity contribution < 1.29 is 13.2 Å². The van der Waals surface area contributed by atoms with Gasteiger partial charge in [0, 0.05) is 45.7 Å². The minimum Gasteiger partial charge on any atom is -0.340 e. The molecule has 0 unspecified atom stereocenters. The molecule has 0 N–H and O–H groups in total. The summed E-state index contributed by atoms with van der Waals surface area (Å²) in [4.78, 5) is 27.7. The first-order chi connectivity index (χ1) is 15.7. The van der Waals surface area contributed by atoms with Crippen LogP contribution in [0.5, 0.6) is 0 Å². The summed E-state index contributed by atoms with van der Waals surface area (Å²) in [6.07, 6.45) is 0.196. The Morgan fingerprint density at radius 1 is 0.939 bits per heavy atom. The second kappa shape index (κ2) is 9.15. The predicted octanol–water partition coefficient (Wildman–Crippen LogP) is 2.36. The largest absolute Gasteiger partial charge is 0.340 e. The van der Waals surface area contributed by atoms with Crippen LogP contribution in [0.15, 0.2) is 52.2 Å². The lowest BCUT2D eigenvalue weighted by Gasteiger charge is -2.34. The van der Waals surface area contributed by atoms with Gasteiger partial charge in [-0.3, -0.25) is 13.9 Å². The smallest absolute Gasteiger partial charge is 0.329 e. The summed E-state index contributed by atoms with van der Waals surface area (Å²) in [5, 5.41) is 0. The zero-order chi connectivity index (χ0) is 23.8. The van der Waals surface area contributed by atoms with Crippen molar-refractivity contribution in [3.05, 3.63) is 64.1 Å². The van der Waals surface area contributed by atoms with Gasteiger partial charge < -0.3 is 4.90 Å². The number of hydrogen-bond donors (Lipinski definition) is 0. The minimum absolute atomic E-state index is 0.0704. The third-order valence-electron chi connectivity index (χ3n) is 6.34. The first-order valence-corrected chi connectivity index (χ1v) is 12.7. The number of fused-ring (bicyclic) bond motifs is 1. The number of aromatic nitrogens is 2. The number of aryl methyl sites for hydroxylation is 4. The molecule has 1 fully saturated rings. The van der Waals surface area contributed by atoms with E-state index in [0.717, 1.165) is 22.2 Å². The average Bonchev–Trinajstić information content (AvgIpc) is 3.09. The summed E-state index contributed by atoms with van der Waals surface area (Å²) in [6, 6.07) is 13.0. The Bertz CT molecular complexity index is 1350. The van der Waals surface area contributed by atoms with Gasteiger partial charge in [0.25, 0.3) is 0 Å². The van der Waals surface area contributed by atoms with Crippen LogP contribution in [-0.2, 0) is 27.9 Å². The number of sulfonamides is 1. The topological polar surface area (TPSA) is 84.6 Å². The van der Waals surface area contributed by atoms with Crippen LogP contribution in [0.1, 0.15) is 24.5 Å². The number of imidazole rings is 1. The average molecular weight is 471 g/mol. The van der Waals surface area contributed by atoms with E-state index in [1.165, 1.54) is 4.31 Å². The first-order valence-electron chi connectivity index (χ1n) is 11.3. The van der Waals surface area contributed by atoms with E-state index < -0.39 is 10.0 Å². The van der Waals surface area contributed by atoms with E-state index in [9.17, 15) is 18.0 Å². The molecule has 33 heavy (non-hydrogen) atoms. The molecule has 2 aromatic carbocycles. The number of piperazine rings is 1. The highest BCUT2D eigenvalue weighted by atomic mass is 32.2. The molecule has 0 atom stereocenters. The molecule has 4 rings (SSSR count). The fourth-order valence-corrected chi connectivity index (χ4v) is 6.19. The fourth-order valence-electron chi connectivity index (χ4n) is 4.46. The van der Waals surface area contributed by atoms with Gasteiger partial charge in [0.1, 0.15) is 0 Å². The molecule has 0 radical (unpaired) electrons. The SMILES string of the molecule is CCn1c(=O)n(CCC(=O)N2CCN(S(=O)(=O)c3cc(C)ccc3C)CC2)c2ccccc21. The molecule has 3 aromatic rings. The lowest BCUT2D eigenvalue weighted by atomic mass is 10.2. The molecule has 1 aliphatic rings. The number of rotatable bonds is 6. The van der Waals surface area contributed by atoms with Gasteiger partial charge in [-0.05, 0) is 50.1 Å². The monoisotopic (exact) mass is 470 g/mol. The summed E-state index contributed by atoms with van der Waals surface area (Å²) in [5.41, 5.74) is 3.18. The zero-order valence-corrected chi connectivity index (χ0v) is 20.1. The van der Waals surface area contributed by atoms with Crippen molar-refractivity contribution >= 4 is 27.0 Å². The van der Waals surface area contributed by atoms with Crippen LogP contribution >= 0.6 is 0 Å². The lowest BCUT2D eigenvalue weighted by Crippen LogP contribution is -2.50. The van der Waals surface area contributed by atoms with Crippen molar-refractivity contribution in [2.24, 2.45) is 0 Å². The van der Waals surface area contributed by atoms with Crippen molar-refractivity contribution in [3.8, 4) is 0 Å². The molecular weight excluding hydrogens is 440 g/mol. The second-order valence-electron chi connectivity index (χ2n) is 8.47. The summed E-state index contributed by atoms with van der Waals surface area (Å²) in [7, 11) is -3.60. The number of carbonyl (C=O) groups excluding carboxylic acids is 1. The summed E-state index contributed by atoms with van der Waals surface area (Å²) >= 11 is 0. The molecular formula is C24H30N4O4S. The number of hydrogen-bond acceptors (Lipinski definition) is 4. The first kappa shape index (κ1) is 23.3. The zero-order valence-electron chi connectivity index (χ0n) is 19.3. The van der Waals surface area contributed by atoms with Crippen LogP contribution in [0.25, 0.3) is 11.0 Å². The standard InChI is InChI=1S/C24H30N4O4S/c1-4-27-20-7-5-6-8-21(20)28(24(27)30)12-11-23(29)25-13-15-26(16-14-25)33(31,32)22-17-18(2)9-10-19(22)3/h5-10,17H,4,11-16H2,1-3H3. The van der Waals surface area contributed by atoms with Gasteiger partial charge in [-0.1, -0.05) is 24.3 Å². The van der Waals surface area contributed by atoms with Crippen molar-refractivity contribution in [3.63, 3.8) is 0 Å². The van der Waals surface area contributed by atoms with E-state index in [0.29, 0.717) is 31.1 Å². The van der Waals surface area contributed by atoms with Crippen molar-refractivity contribution in [1.29, 1.82) is 0 Å². The Kier molecular flexibility index (Phi) is 6.45. The summed E-state index contributed by atoms with van der Waals surface area (Å²) < 4.78 is 31.1. The number of amides is 1. The van der Waals surface area contributed by atoms with Crippen molar-refractivity contribution in [2.75, 3.05) is 26.2 Å². The number of para-hydroxylation sites is 2. The third-order valence-corrected chi connectivity index (χ3v) is 8.38. The van der Waals surface area contributed by atoms with E-state index in [-0.39, 0.29) is 31.1 Å². The van der Waals surface area contributed by atoms with Gasteiger partial charge in [0.05, 0.1) is 15.9 Å². The fraction of sp³-hybridized carbons (Fsp3) is 0.417. The van der Waals surface area contributed by atoms with Crippen LogP contribution in [0.2, 0.25) is 0 Å². The molecule has 0 saturated carbocycles. The lowest BCUT2D eigenvalue weighted by molar-refractivity contribution is -0.132. The van der Waals surface area contributed by atoms with Crippen molar-refractivity contribution in [1.82, 2.24) is 18.3 Å². The third kappa shape index (κ3) is 4.35. The van der Waals surface area contributed by atoms with Gasteiger partial charge in [-0.2, -0.15) is 4.31 Å². The van der Waals surface area contributed by atoms with Crippen LogP contribution in [0.3, 0.4) is 0 Å². The van der Waals surface area contributed by atoms with E-state index in [1.54, 1.807) is 27.0 Å². The highest BCUT2D eigenvalue weighted by Gasteiger charge is 2.31. The molecule has 1 aliphatic heterocycles. The quantitative estimate of drug-likeness (QED) is 0.554. The van der Waals surface area contributed by atoms with Crippen LogP contribution < -0.4 is 5.69 Å². The molecule has 0 bridgehead atoms. The number of carbonyl (C=O) groups is 1. The van der Waals surface area contributed by atoms with E-state index >= 15 is 0 Å². The maximum absolute atomic E-state index is 13.1. The second-order valence-corrected chi connectivity index (χ2v) is 10.4. The Morgan fingerprint density at radius 3 is 2.21 bits per heavy atom. The highest BCUT2D eigenvalue weighted by Crippen LogP contribution is 2.22. The van der Waals surface area contributed by atoms with Crippen LogP contribution in [0, 0.1) is 13.8 Å². The van der Waals surface area contributed by atoms with Gasteiger partial charge >= 0.3 is 5.69 Å². The number of benzene rings is 2. The van der Waals surface area contributed by atoms with Gasteiger partial charge in [-0.15, -0.1) is 0 Å². The van der Waals surface area contributed by atoms with Crippen LogP contribution in [0.4, 0.5) is 0 Å². The molecule has 0 spiro atoms. The van der Waals surface area contributed by atoms with E-state index in [1.807, 2.05) is 50.2 Å². The Morgan fingerprint density at radius 2 is 1.58 bits per heavy atom. The highest BCUT2D eigenvalue weighted by molar-refractivity contribution is 7.89. The Labute approximate surface area is 194 Å². The molecule has 176 valence electrons. The maximum Gasteiger partial charge on any atom is 0.329 e. The van der Waals surface area contributed by atoms with E-state index in [2.05, 4.69) is 0 Å². The molecule has 8 nitrogen and oxygen atoms in total. The Balaban J connectivity index is 1.42. The van der Waals surface area contributed by atoms with Gasteiger partial charge in [0.2, 0.25) is 15.9 Å². The molecule has 1 aromatic heterocycles. The van der Waals surface area contributed by atoms with Gasteiger partial charge in [-0.25, -0.2) is 13.2 Å². The minimum atomic E-state index is -3.60. The summed E-state index contributed by atoms with van der Waals surface area (Å²) in [6.45, 7) is 7.66. The summed E-state index contributed by atoms with van der Waals surface area (Å²) in [5.74, 6) is -0.0704. The van der Waals surface area contributed by atoms with Crippen LogP contribution in [-0.4, -0.2) is 58.8 Å². The maximum atomic E-state index is 13.1. The number of nitrogens with zero attached hydrogens (tertiary/aromatic N) is 4. The molecule has 2 heterocycles. The van der Waals surface area contributed by atoms with Crippen molar-refractivity contribution in [2.45, 2.75) is 45.2 Å². The predicted molar refractivity (Wildman–Crippen MR) is 128 cm³/mol. The molecule has 1 amide bonds. The molecule has 1 saturated heterocycles. The van der Waals surface area contributed by atoms with E-state index in [4.69, 9.17) is 0 Å².